The minimum atomic E-state index is -0.277. The Morgan fingerprint density at radius 2 is 2.05 bits per heavy atom. The van der Waals surface area contributed by atoms with Crippen molar-refractivity contribution in [1.82, 2.24) is 4.98 Å². The number of carbonyl (C=O) groups excluding carboxylic acids is 1. The molecule has 0 aliphatic heterocycles. The summed E-state index contributed by atoms with van der Waals surface area (Å²) >= 11 is 0. The smallest absolute Gasteiger partial charge is 0.291 e. The molecule has 3 rings (SSSR count). The molecule has 1 N–H and O–H groups in total. The summed E-state index contributed by atoms with van der Waals surface area (Å²) < 4.78 is 5.07. The van der Waals surface area contributed by atoms with E-state index in [1.807, 2.05) is 37.3 Å². The van der Waals surface area contributed by atoms with Gasteiger partial charge in [0.05, 0.1) is 17.5 Å². The van der Waals surface area contributed by atoms with Gasteiger partial charge in [-0.25, -0.2) is 0 Å². The molecule has 0 saturated carbocycles. The van der Waals surface area contributed by atoms with Crippen molar-refractivity contribution in [2.24, 2.45) is 0 Å². The lowest BCUT2D eigenvalue weighted by molar-refractivity contribution is 0.0997. The molecular formula is C15H12N2O2. The molecule has 4 nitrogen and oxygen atoms in total. The molecule has 0 atom stereocenters. The molecular weight excluding hydrogens is 240 g/mol. The zero-order chi connectivity index (χ0) is 13.2. The molecule has 94 valence electrons. The van der Waals surface area contributed by atoms with Crippen LogP contribution in [0.15, 0.2) is 53.1 Å². The Morgan fingerprint density at radius 1 is 1.16 bits per heavy atom. The number of aryl methyl sites for hydroxylation is 1. The van der Waals surface area contributed by atoms with Crippen LogP contribution in [0.5, 0.6) is 0 Å². The second kappa shape index (κ2) is 4.57. The van der Waals surface area contributed by atoms with E-state index in [2.05, 4.69) is 10.3 Å². The van der Waals surface area contributed by atoms with E-state index >= 15 is 0 Å². The highest BCUT2D eigenvalue weighted by molar-refractivity contribution is 6.06. The van der Waals surface area contributed by atoms with Gasteiger partial charge in [0, 0.05) is 11.1 Å². The minimum absolute atomic E-state index is 0.277. The number of furan rings is 1. The van der Waals surface area contributed by atoms with Crippen molar-refractivity contribution in [2.75, 3.05) is 5.32 Å². The molecule has 3 aromatic rings. The molecule has 0 saturated heterocycles. The van der Waals surface area contributed by atoms with E-state index < -0.39 is 0 Å². The van der Waals surface area contributed by atoms with Crippen LogP contribution in [-0.4, -0.2) is 10.9 Å². The molecule has 0 radical (unpaired) electrons. The highest BCUT2D eigenvalue weighted by Gasteiger charge is 2.11. The lowest BCUT2D eigenvalue weighted by Crippen LogP contribution is -2.11. The van der Waals surface area contributed by atoms with Gasteiger partial charge in [-0.2, -0.15) is 0 Å². The largest absolute Gasteiger partial charge is 0.459 e. The van der Waals surface area contributed by atoms with Crippen molar-refractivity contribution in [1.29, 1.82) is 0 Å². The second-order valence-corrected chi connectivity index (χ2v) is 4.26. The first kappa shape index (κ1) is 11.5. The SMILES string of the molecule is Cc1ccc2cccc(NC(=O)c3ccco3)c2n1. The third kappa shape index (κ3) is 2.20. The van der Waals surface area contributed by atoms with Crippen molar-refractivity contribution >= 4 is 22.5 Å². The van der Waals surface area contributed by atoms with Gasteiger partial charge >= 0.3 is 0 Å². The molecule has 1 aromatic carbocycles. The number of anilines is 1. The van der Waals surface area contributed by atoms with Crippen LogP contribution in [0.3, 0.4) is 0 Å². The van der Waals surface area contributed by atoms with Crippen molar-refractivity contribution in [3.8, 4) is 0 Å². The van der Waals surface area contributed by atoms with Crippen molar-refractivity contribution in [3.63, 3.8) is 0 Å². The van der Waals surface area contributed by atoms with Crippen LogP contribution in [0.25, 0.3) is 10.9 Å². The molecule has 0 unspecified atom stereocenters. The van der Waals surface area contributed by atoms with Crippen molar-refractivity contribution < 1.29 is 9.21 Å². The topological polar surface area (TPSA) is 55.1 Å². The number of hydrogen-bond acceptors (Lipinski definition) is 3. The van der Waals surface area contributed by atoms with Gasteiger partial charge in [-0.05, 0) is 31.2 Å². The van der Waals surface area contributed by atoms with E-state index in [0.717, 1.165) is 16.6 Å². The van der Waals surface area contributed by atoms with Crippen molar-refractivity contribution in [3.05, 3.63) is 60.2 Å². The van der Waals surface area contributed by atoms with Crippen LogP contribution in [0.2, 0.25) is 0 Å². The predicted molar refractivity (Wildman–Crippen MR) is 73.1 cm³/mol. The number of nitrogens with zero attached hydrogens (tertiary/aromatic N) is 1. The average molecular weight is 252 g/mol. The van der Waals surface area contributed by atoms with Gasteiger partial charge in [-0.15, -0.1) is 0 Å². The van der Waals surface area contributed by atoms with Crippen molar-refractivity contribution in [2.45, 2.75) is 6.92 Å². The molecule has 0 fully saturated rings. The number of benzene rings is 1. The highest BCUT2D eigenvalue weighted by Crippen LogP contribution is 2.22. The third-order valence-electron chi connectivity index (χ3n) is 2.85. The standard InChI is InChI=1S/C15H12N2O2/c1-10-7-8-11-4-2-5-12(14(11)16-10)17-15(18)13-6-3-9-19-13/h2-9H,1H3,(H,17,18). The molecule has 4 heteroatoms. The zero-order valence-electron chi connectivity index (χ0n) is 10.4. The summed E-state index contributed by atoms with van der Waals surface area (Å²) in [4.78, 5) is 16.4. The number of carbonyl (C=O) groups is 1. The molecule has 19 heavy (non-hydrogen) atoms. The van der Waals surface area contributed by atoms with Crippen LogP contribution in [0.4, 0.5) is 5.69 Å². The lowest BCUT2D eigenvalue weighted by Gasteiger charge is -2.07. The quantitative estimate of drug-likeness (QED) is 0.760. The van der Waals surface area contributed by atoms with E-state index in [1.54, 1.807) is 12.1 Å². The first-order valence-electron chi connectivity index (χ1n) is 5.95. The number of rotatable bonds is 2. The monoisotopic (exact) mass is 252 g/mol. The molecule has 2 aromatic heterocycles. The van der Waals surface area contributed by atoms with Gasteiger partial charge in [0.15, 0.2) is 5.76 Å². The summed E-state index contributed by atoms with van der Waals surface area (Å²) in [6.07, 6.45) is 1.47. The maximum atomic E-state index is 12.0. The molecule has 2 heterocycles. The van der Waals surface area contributed by atoms with Gasteiger partial charge in [-0.1, -0.05) is 18.2 Å². The summed E-state index contributed by atoms with van der Waals surface area (Å²) in [5, 5.41) is 3.81. The normalized spacial score (nSPS) is 10.6. The minimum Gasteiger partial charge on any atom is -0.459 e. The van der Waals surface area contributed by atoms with Crippen LogP contribution < -0.4 is 5.32 Å². The number of amides is 1. The average Bonchev–Trinajstić information content (AvgIpc) is 2.93. The van der Waals surface area contributed by atoms with Crippen LogP contribution in [-0.2, 0) is 0 Å². The van der Waals surface area contributed by atoms with E-state index in [-0.39, 0.29) is 11.7 Å². The Morgan fingerprint density at radius 3 is 2.84 bits per heavy atom. The number of aromatic nitrogens is 1. The van der Waals surface area contributed by atoms with Gasteiger partial charge < -0.3 is 9.73 Å². The Balaban J connectivity index is 2.01. The summed E-state index contributed by atoms with van der Waals surface area (Å²) in [7, 11) is 0. The highest BCUT2D eigenvalue weighted by atomic mass is 16.3. The van der Waals surface area contributed by atoms with Gasteiger partial charge in [-0.3, -0.25) is 9.78 Å². The first-order chi connectivity index (χ1) is 9.24. The summed E-state index contributed by atoms with van der Waals surface area (Å²) in [5.74, 6) is 0.00506. The fourth-order valence-electron chi connectivity index (χ4n) is 1.94. The second-order valence-electron chi connectivity index (χ2n) is 4.26. The Labute approximate surface area is 110 Å². The van der Waals surface area contributed by atoms with Gasteiger partial charge in [0.1, 0.15) is 0 Å². The van der Waals surface area contributed by atoms with Gasteiger partial charge in [0.25, 0.3) is 5.91 Å². The molecule has 0 spiro atoms. The summed E-state index contributed by atoms with van der Waals surface area (Å²) in [5.41, 5.74) is 2.37. The zero-order valence-corrected chi connectivity index (χ0v) is 10.4. The maximum absolute atomic E-state index is 12.0. The number of fused-ring (bicyclic) bond motifs is 1. The van der Waals surface area contributed by atoms with E-state index in [4.69, 9.17) is 4.42 Å². The van der Waals surface area contributed by atoms with E-state index in [0.29, 0.717) is 5.69 Å². The van der Waals surface area contributed by atoms with Gasteiger partial charge in [0.2, 0.25) is 0 Å². The van der Waals surface area contributed by atoms with Crippen LogP contribution >= 0.6 is 0 Å². The number of para-hydroxylation sites is 1. The summed E-state index contributed by atoms with van der Waals surface area (Å²) in [6, 6.07) is 12.9. The fraction of sp³-hybridized carbons (Fsp3) is 0.0667. The predicted octanol–water partition coefficient (Wildman–Crippen LogP) is 3.39. The first-order valence-corrected chi connectivity index (χ1v) is 5.95. The molecule has 0 aliphatic carbocycles. The number of nitrogens with one attached hydrogen (secondary N) is 1. The Bertz CT molecular complexity index is 733. The fourth-order valence-corrected chi connectivity index (χ4v) is 1.94. The van der Waals surface area contributed by atoms with Crippen LogP contribution in [0, 0.1) is 6.92 Å². The Kier molecular flexibility index (Phi) is 2.76. The third-order valence-corrected chi connectivity index (χ3v) is 2.85. The maximum Gasteiger partial charge on any atom is 0.291 e. The number of pyridine rings is 1. The van der Waals surface area contributed by atoms with E-state index in [9.17, 15) is 4.79 Å². The van der Waals surface area contributed by atoms with Crippen LogP contribution in [0.1, 0.15) is 16.2 Å². The Hall–Kier alpha value is -2.62. The van der Waals surface area contributed by atoms with E-state index in [1.165, 1.54) is 6.26 Å². The summed E-state index contributed by atoms with van der Waals surface area (Å²) in [6.45, 7) is 1.92. The lowest BCUT2D eigenvalue weighted by atomic mass is 10.1. The molecule has 0 bridgehead atoms. The molecule has 0 aliphatic rings. The number of hydrogen-bond donors (Lipinski definition) is 1. The molecule has 1 amide bonds.